The molecule has 0 saturated carbocycles. The quantitative estimate of drug-likeness (QED) is 0.426. The van der Waals surface area contributed by atoms with Crippen LogP contribution in [0.1, 0.15) is 20.3 Å². The molecule has 3 aromatic rings. The lowest BCUT2D eigenvalue weighted by Gasteiger charge is -2.33. The fourth-order valence-electron chi connectivity index (χ4n) is 3.52. The van der Waals surface area contributed by atoms with Crippen molar-refractivity contribution < 1.29 is 9.53 Å². The van der Waals surface area contributed by atoms with E-state index in [4.69, 9.17) is 16.3 Å². The lowest BCUT2D eigenvalue weighted by molar-refractivity contribution is -0.134. The van der Waals surface area contributed by atoms with Crippen LogP contribution in [-0.2, 0) is 4.79 Å². The van der Waals surface area contributed by atoms with Gasteiger partial charge in [0.15, 0.2) is 5.60 Å². The van der Waals surface area contributed by atoms with E-state index in [0.717, 1.165) is 13.0 Å². The van der Waals surface area contributed by atoms with Crippen LogP contribution >= 0.6 is 23.4 Å². The molecule has 4 nitrogen and oxygen atoms in total. The first-order valence-electron chi connectivity index (χ1n) is 10.3. The Morgan fingerprint density at radius 3 is 2.16 bits per heavy atom. The van der Waals surface area contributed by atoms with Gasteiger partial charge in [0.05, 0.1) is 11.4 Å². The van der Waals surface area contributed by atoms with E-state index in [1.54, 1.807) is 49.9 Å². The monoisotopic (exact) mass is 452 g/mol. The summed E-state index contributed by atoms with van der Waals surface area (Å²) in [7, 11) is 0. The summed E-state index contributed by atoms with van der Waals surface area (Å²) in [5.74, 6) is 0.473. The van der Waals surface area contributed by atoms with Crippen molar-refractivity contribution in [1.82, 2.24) is 5.32 Å². The van der Waals surface area contributed by atoms with Gasteiger partial charge in [0.1, 0.15) is 5.75 Å². The molecule has 3 aromatic carbocycles. The Labute approximate surface area is 192 Å². The van der Waals surface area contributed by atoms with Crippen molar-refractivity contribution in [3.8, 4) is 5.75 Å². The van der Waals surface area contributed by atoms with Crippen molar-refractivity contribution in [3.63, 3.8) is 0 Å². The van der Waals surface area contributed by atoms with Gasteiger partial charge in [-0.2, -0.15) is 0 Å². The number of ether oxygens (including phenoxy) is 1. The highest BCUT2D eigenvalue weighted by Gasteiger charge is 2.30. The predicted molar refractivity (Wildman–Crippen MR) is 128 cm³/mol. The van der Waals surface area contributed by atoms with E-state index < -0.39 is 5.60 Å². The molecule has 0 spiro atoms. The minimum atomic E-state index is -0.977. The van der Waals surface area contributed by atoms with Crippen LogP contribution in [0.25, 0.3) is 0 Å². The summed E-state index contributed by atoms with van der Waals surface area (Å²) in [6.45, 7) is 4.92. The van der Waals surface area contributed by atoms with Crippen LogP contribution in [0.2, 0.25) is 5.02 Å². The molecule has 1 aliphatic heterocycles. The van der Waals surface area contributed by atoms with Crippen molar-refractivity contribution >= 4 is 40.6 Å². The van der Waals surface area contributed by atoms with Crippen molar-refractivity contribution in [1.29, 1.82) is 0 Å². The Balaban J connectivity index is 1.35. The van der Waals surface area contributed by atoms with Crippen LogP contribution in [0.3, 0.4) is 0 Å². The second-order valence-electron chi connectivity index (χ2n) is 7.86. The zero-order valence-electron chi connectivity index (χ0n) is 17.6. The van der Waals surface area contributed by atoms with Crippen LogP contribution in [0.15, 0.2) is 82.6 Å². The Morgan fingerprint density at radius 1 is 0.968 bits per heavy atom. The van der Waals surface area contributed by atoms with Crippen LogP contribution in [0.5, 0.6) is 5.75 Å². The topological polar surface area (TPSA) is 41.6 Å². The maximum Gasteiger partial charge on any atom is 0.263 e. The molecule has 0 radical (unpaired) electrons. The minimum Gasteiger partial charge on any atom is -0.478 e. The highest BCUT2D eigenvalue weighted by atomic mass is 35.5. The third kappa shape index (κ3) is 5.00. The van der Waals surface area contributed by atoms with Gasteiger partial charge >= 0.3 is 0 Å². The average molecular weight is 453 g/mol. The minimum absolute atomic E-state index is 0.141. The van der Waals surface area contributed by atoms with Crippen molar-refractivity contribution in [2.24, 2.45) is 0 Å². The lowest BCUT2D eigenvalue weighted by atomic mass is 10.1. The number of anilines is 2. The molecule has 0 saturated heterocycles. The number of amides is 1. The fraction of sp³-hybridized carbons (Fsp3) is 0.240. The summed E-state index contributed by atoms with van der Waals surface area (Å²) < 4.78 is 5.87. The summed E-state index contributed by atoms with van der Waals surface area (Å²) in [5.41, 5.74) is 1.45. The second kappa shape index (κ2) is 9.25. The number of rotatable bonds is 7. The first-order valence-corrected chi connectivity index (χ1v) is 11.5. The van der Waals surface area contributed by atoms with Gasteiger partial charge in [-0.1, -0.05) is 47.6 Å². The molecule has 160 valence electrons. The maximum absolute atomic E-state index is 12.7. The highest BCUT2D eigenvalue weighted by molar-refractivity contribution is 7.99. The van der Waals surface area contributed by atoms with Crippen LogP contribution in [0, 0.1) is 0 Å². The molecule has 6 heteroatoms. The first kappa shape index (κ1) is 21.6. The molecule has 1 amide bonds. The number of carbonyl (C=O) groups excluding carboxylic acids is 1. The zero-order chi connectivity index (χ0) is 21.8. The molecular weight excluding hydrogens is 428 g/mol. The maximum atomic E-state index is 12.7. The molecule has 0 unspecified atom stereocenters. The van der Waals surface area contributed by atoms with E-state index in [0.29, 0.717) is 17.3 Å². The summed E-state index contributed by atoms with van der Waals surface area (Å²) in [6.07, 6.45) is 0.816. The van der Waals surface area contributed by atoms with E-state index >= 15 is 0 Å². The highest BCUT2D eigenvalue weighted by Crippen LogP contribution is 2.47. The van der Waals surface area contributed by atoms with E-state index in [1.807, 2.05) is 0 Å². The van der Waals surface area contributed by atoms with Gasteiger partial charge in [-0.05, 0) is 68.8 Å². The summed E-state index contributed by atoms with van der Waals surface area (Å²) in [6, 6.07) is 23.9. The molecule has 0 aromatic heterocycles. The number of nitrogens with one attached hydrogen (secondary N) is 1. The molecule has 4 rings (SSSR count). The summed E-state index contributed by atoms with van der Waals surface area (Å²) >= 11 is 7.72. The third-order valence-corrected chi connectivity index (χ3v) is 6.49. The number of hydrogen-bond acceptors (Lipinski definition) is 4. The number of halogens is 1. The fourth-order valence-corrected chi connectivity index (χ4v) is 4.74. The molecule has 0 atom stereocenters. The smallest absolute Gasteiger partial charge is 0.263 e. The largest absolute Gasteiger partial charge is 0.478 e. The van der Waals surface area contributed by atoms with E-state index in [-0.39, 0.29) is 5.91 Å². The Bertz CT molecular complexity index is 1020. The van der Waals surface area contributed by atoms with Crippen molar-refractivity contribution in [2.75, 3.05) is 18.0 Å². The lowest BCUT2D eigenvalue weighted by Crippen LogP contribution is -2.47. The van der Waals surface area contributed by atoms with Gasteiger partial charge < -0.3 is 15.0 Å². The van der Waals surface area contributed by atoms with Crippen LogP contribution in [0.4, 0.5) is 11.4 Å². The van der Waals surface area contributed by atoms with E-state index in [1.165, 1.54) is 21.2 Å². The number of hydrogen-bond donors (Lipinski definition) is 1. The van der Waals surface area contributed by atoms with E-state index in [2.05, 4.69) is 58.7 Å². The van der Waals surface area contributed by atoms with E-state index in [9.17, 15) is 4.79 Å². The molecule has 1 heterocycles. The molecule has 0 bridgehead atoms. The number of fused-ring (bicyclic) bond motifs is 2. The normalized spacial score (nSPS) is 12.7. The average Bonchev–Trinajstić information content (AvgIpc) is 2.77. The van der Waals surface area contributed by atoms with Gasteiger partial charge in [0, 0.05) is 27.9 Å². The molecule has 1 aliphatic rings. The van der Waals surface area contributed by atoms with Gasteiger partial charge in [0.25, 0.3) is 5.91 Å². The molecular formula is C25H25ClN2O2S. The Morgan fingerprint density at radius 2 is 1.55 bits per heavy atom. The first-order chi connectivity index (χ1) is 14.9. The predicted octanol–water partition coefficient (Wildman–Crippen LogP) is 6.31. The number of nitrogens with zero attached hydrogens (tertiary/aromatic N) is 1. The van der Waals surface area contributed by atoms with Crippen LogP contribution < -0.4 is 15.0 Å². The number of benzene rings is 3. The van der Waals surface area contributed by atoms with Gasteiger partial charge in [0.2, 0.25) is 0 Å². The Hall–Kier alpha value is -2.63. The molecule has 1 N–H and O–H groups in total. The van der Waals surface area contributed by atoms with Gasteiger partial charge in [-0.25, -0.2) is 0 Å². The van der Waals surface area contributed by atoms with Crippen LogP contribution in [-0.4, -0.2) is 24.6 Å². The second-order valence-corrected chi connectivity index (χ2v) is 9.39. The third-order valence-electron chi connectivity index (χ3n) is 5.11. The summed E-state index contributed by atoms with van der Waals surface area (Å²) in [5, 5.41) is 3.65. The molecule has 0 fully saturated rings. The zero-order valence-corrected chi connectivity index (χ0v) is 19.2. The number of para-hydroxylation sites is 2. The summed E-state index contributed by atoms with van der Waals surface area (Å²) in [4.78, 5) is 17.5. The van der Waals surface area contributed by atoms with Crippen molar-refractivity contribution in [3.05, 3.63) is 77.8 Å². The molecule has 31 heavy (non-hydrogen) atoms. The molecule has 0 aliphatic carbocycles. The number of carbonyl (C=O) groups is 1. The Kier molecular flexibility index (Phi) is 6.44. The van der Waals surface area contributed by atoms with Crippen molar-refractivity contribution in [2.45, 2.75) is 35.7 Å². The SMILES string of the molecule is CC(C)(Oc1ccc(Cl)cc1)C(=O)NCCCN1c2ccccc2Sc2ccccc21. The standard InChI is InChI=1S/C25H25ClN2O2S/c1-25(2,30-19-14-12-18(26)13-15-19)24(29)27-16-7-17-28-20-8-3-5-10-22(20)31-23-11-6-4-9-21(23)28/h3-6,8-15H,7,16-17H2,1-2H3,(H,27,29). The van der Waals surface area contributed by atoms with Gasteiger partial charge in [-0.15, -0.1) is 0 Å². The van der Waals surface area contributed by atoms with Gasteiger partial charge in [-0.3, -0.25) is 4.79 Å².